The Labute approximate surface area is 161 Å². The molecule has 3 nitrogen and oxygen atoms in total. The summed E-state index contributed by atoms with van der Waals surface area (Å²) in [5, 5.41) is 0.153. The van der Waals surface area contributed by atoms with Crippen LogP contribution in [-0.2, 0) is 0 Å². The molecule has 0 saturated carbocycles. The van der Waals surface area contributed by atoms with Gasteiger partial charge in [-0.05, 0) is 51.5 Å². The van der Waals surface area contributed by atoms with E-state index in [-0.39, 0.29) is 10.6 Å². The Kier molecular flexibility index (Phi) is 4.65. The summed E-state index contributed by atoms with van der Waals surface area (Å²) in [5.74, 6) is 0.454. The summed E-state index contributed by atoms with van der Waals surface area (Å²) >= 11 is 11.9. The smallest absolute Gasteiger partial charge is 0.198 e. The van der Waals surface area contributed by atoms with Crippen molar-refractivity contribution in [3.8, 4) is 33.6 Å². The molecule has 1 heterocycles. The molecule has 0 unspecified atom stereocenters. The highest BCUT2D eigenvalue weighted by molar-refractivity contribution is 6.31. The monoisotopic (exact) mass is 377 g/mol. The number of nitrogens with zero attached hydrogens (tertiary/aromatic N) is 3. The van der Waals surface area contributed by atoms with Crippen LogP contribution in [0.1, 0.15) is 0 Å². The predicted octanol–water partition coefficient (Wildman–Crippen LogP) is 6.18. The summed E-state index contributed by atoms with van der Waals surface area (Å²) in [6.45, 7) is 0. The number of hydrogen-bond acceptors (Lipinski definition) is 3. The van der Waals surface area contributed by atoms with Crippen LogP contribution in [0.15, 0.2) is 78.9 Å². The minimum atomic E-state index is 0.0767. The fourth-order valence-electron chi connectivity index (χ4n) is 2.87. The van der Waals surface area contributed by atoms with Crippen LogP contribution in [0.2, 0.25) is 10.6 Å². The highest BCUT2D eigenvalue weighted by atomic mass is 35.5. The van der Waals surface area contributed by atoms with Gasteiger partial charge in [-0.15, -0.1) is 0 Å². The Bertz CT molecular complexity index is 1050. The van der Waals surface area contributed by atoms with Gasteiger partial charge in [0.25, 0.3) is 0 Å². The molecule has 126 valence electrons. The van der Waals surface area contributed by atoms with Crippen LogP contribution in [0.4, 0.5) is 0 Å². The molecule has 26 heavy (non-hydrogen) atoms. The largest absolute Gasteiger partial charge is 0.227 e. The van der Waals surface area contributed by atoms with Crippen molar-refractivity contribution in [2.24, 2.45) is 0 Å². The Morgan fingerprint density at radius 2 is 1.08 bits per heavy atom. The molecule has 0 amide bonds. The van der Waals surface area contributed by atoms with Crippen molar-refractivity contribution < 1.29 is 0 Å². The van der Waals surface area contributed by atoms with Crippen molar-refractivity contribution in [3.05, 3.63) is 89.4 Å². The second-order valence-electron chi connectivity index (χ2n) is 5.69. The fraction of sp³-hybridized carbons (Fsp3) is 0. The van der Waals surface area contributed by atoms with Crippen LogP contribution < -0.4 is 0 Å². The van der Waals surface area contributed by atoms with E-state index in [1.165, 1.54) is 0 Å². The molecule has 3 aromatic carbocycles. The first-order valence-corrected chi connectivity index (χ1v) is 8.78. The molecule has 0 saturated heterocycles. The van der Waals surface area contributed by atoms with E-state index in [0.717, 1.165) is 27.8 Å². The summed E-state index contributed by atoms with van der Waals surface area (Å²) in [5.41, 5.74) is 5.23. The van der Waals surface area contributed by atoms with Crippen LogP contribution in [0.3, 0.4) is 0 Å². The first-order chi connectivity index (χ1) is 12.7. The third-order valence-corrected chi connectivity index (χ3v) is 4.37. The summed E-state index contributed by atoms with van der Waals surface area (Å²) in [6.07, 6.45) is 0. The van der Waals surface area contributed by atoms with Gasteiger partial charge in [-0.25, -0.2) is 0 Å². The average Bonchev–Trinajstić information content (AvgIpc) is 2.68. The third-order valence-electron chi connectivity index (χ3n) is 4.03. The molecule has 5 heteroatoms. The Hall–Kier alpha value is -2.75. The van der Waals surface area contributed by atoms with Gasteiger partial charge in [-0.1, -0.05) is 72.8 Å². The molecule has 0 aliphatic carbocycles. The fourth-order valence-corrected chi connectivity index (χ4v) is 3.24. The van der Waals surface area contributed by atoms with E-state index < -0.39 is 0 Å². The van der Waals surface area contributed by atoms with Gasteiger partial charge in [-0.2, -0.15) is 15.0 Å². The molecule has 0 bridgehead atoms. The first-order valence-electron chi connectivity index (χ1n) is 8.03. The molecule has 4 aromatic rings. The molecule has 4 rings (SSSR count). The van der Waals surface area contributed by atoms with Crippen LogP contribution in [0.25, 0.3) is 33.6 Å². The lowest BCUT2D eigenvalue weighted by Gasteiger charge is -2.11. The van der Waals surface area contributed by atoms with Gasteiger partial charge >= 0.3 is 0 Å². The van der Waals surface area contributed by atoms with Crippen molar-refractivity contribution in [2.75, 3.05) is 0 Å². The van der Waals surface area contributed by atoms with E-state index in [0.29, 0.717) is 5.82 Å². The molecule has 0 atom stereocenters. The lowest BCUT2D eigenvalue weighted by molar-refractivity contribution is 1.06. The lowest BCUT2D eigenvalue weighted by atomic mass is 9.95. The van der Waals surface area contributed by atoms with E-state index in [2.05, 4.69) is 45.3 Å². The summed E-state index contributed by atoms with van der Waals surface area (Å²) in [6, 6.07) is 26.5. The SMILES string of the molecule is Clc1nc(Cl)nc(-c2ccccc2-c2cccc(-c3ccccc3)c2)n1. The molecule has 0 aliphatic rings. The molecule has 0 fully saturated rings. The maximum Gasteiger partial charge on any atom is 0.227 e. The quantitative estimate of drug-likeness (QED) is 0.427. The normalized spacial score (nSPS) is 10.7. The zero-order chi connectivity index (χ0) is 17.9. The van der Waals surface area contributed by atoms with Gasteiger partial charge in [0.15, 0.2) is 5.82 Å². The van der Waals surface area contributed by atoms with Gasteiger partial charge in [0.2, 0.25) is 10.6 Å². The number of rotatable bonds is 3. The topological polar surface area (TPSA) is 38.7 Å². The minimum Gasteiger partial charge on any atom is -0.198 e. The van der Waals surface area contributed by atoms with Gasteiger partial charge in [0.05, 0.1) is 0 Å². The number of benzene rings is 3. The van der Waals surface area contributed by atoms with Crippen molar-refractivity contribution in [3.63, 3.8) is 0 Å². The Balaban J connectivity index is 1.85. The Morgan fingerprint density at radius 3 is 1.81 bits per heavy atom. The van der Waals surface area contributed by atoms with E-state index in [1.807, 2.05) is 48.5 Å². The first kappa shape index (κ1) is 16.7. The molecule has 0 spiro atoms. The van der Waals surface area contributed by atoms with Crippen LogP contribution >= 0.6 is 23.2 Å². The standard InChI is InChI=1S/C21H13Cl2N3/c22-20-24-19(25-21(23)26-20)18-12-5-4-11-17(18)16-10-6-9-15(13-16)14-7-2-1-3-8-14/h1-13H. The predicted molar refractivity (Wildman–Crippen MR) is 106 cm³/mol. The highest BCUT2D eigenvalue weighted by Crippen LogP contribution is 2.33. The van der Waals surface area contributed by atoms with E-state index in [9.17, 15) is 0 Å². The highest BCUT2D eigenvalue weighted by Gasteiger charge is 2.12. The minimum absolute atomic E-state index is 0.0767. The van der Waals surface area contributed by atoms with Gasteiger partial charge < -0.3 is 0 Å². The lowest BCUT2D eigenvalue weighted by Crippen LogP contribution is -1.95. The van der Waals surface area contributed by atoms with Crippen LogP contribution in [0, 0.1) is 0 Å². The van der Waals surface area contributed by atoms with Crippen molar-refractivity contribution in [1.29, 1.82) is 0 Å². The molecular weight excluding hydrogens is 365 g/mol. The average molecular weight is 378 g/mol. The van der Waals surface area contributed by atoms with E-state index >= 15 is 0 Å². The van der Waals surface area contributed by atoms with Crippen molar-refractivity contribution in [1.82, 2.24) is 15.0 Å². The van der Waals surface area contributed by atoms with E-state index in [4.69, 9.17) is 23.2 Å². The number of aromatic nitrogens is 3. The summed E-state index contributed by atoms with van der Waals surface area (Å²) in [7, 11) is 0. The van der Waals surface area contributed by atoms with Crippen LogP contribution in [-0.4, -0.2) is 15.0 Å². The van der Waals surface area contributed by atoms with Crippen LogP contribution in [0.5, 0.6) is 0 Å². The van der Waals surface area contributed by atoms with Gasteiger partial charge in [0.1, 0.15) is 0 Å². The van der Waals surface area contributed by atoms with Gasteiger partial charge in [0, 0.05) is 5.56 Å². The molecular formula is C21H13Cl2N3. The second-order valence-corrected chi connectivity index (χ2v) is 6.37. The third kappa shape index (κ3) is 3.45. The molecule has 0 N–H and O–H groups in total. The molecule has 1 aromatic heterocycles. The zero-order valence-corrected chi connectivity index (χ0v) is 15.1. The van der Waals surface area contributed by atoms with E-state index in [1.54, 1.807) is 0 Å². The molecule has 0 radical (unpaired) electrons. The number of hydrogen-bond donors (Lipinski definition) is 0. The zero-order valence-electron chi connectivity index (χ0n) is 13.6. The van der Waals surface area contributed by atoms with Gasteiger partial charge in [-0.3, -0.25) is 0 Å². The summed E-state index contributed by atoms with van der Waals surface area (Å²) in [4.78, 5) is 12.3. The molecule has 0 aliphatic heterocycles. The van der Waals surface area contributed by atoms with Crippen molar-refractivity contribution in [2.45, 2.75) is 0 Å². The Morgan fingerprint density at radius 1 is 0.500 bits per heavy atom. The number of halogens is 2. The summed E-state index contributed by atoms with van der Waals surface area (Å²) < 4.78 is 0. The second kappa shape index (κ2) is 7.24. The maximum absolute atomic E-state index is 5.96. The van der Waals surface area contributed by atoms with Crippen molar-refractivity contribution >= 4 is 23.2 Å². The maximum atomic E-state index is 5.96.